The van der Waals surface area contributed by atoms with E-state index in [4.69, 9.17) is 0 Å². The molecule has 1 heterocycles. The number of rotatable bonds is 1. The van der Waals surface area contributed by atoms with E-state index in [1.54, 1.807) is 0 Å². The van der Waals surface area contributed by atoms with Crippen molar-refractivity contribution in [1.82, 2.24) is 16.4 Å². The fourth-order valence-corrected chi connectivity index (χ4v) is 1.89. The van der Waals surface area contributed by atoms with E-state index in [1.165, 1.54) is 3.70 Å². The van der Waals surface area contributed by atoms with Crippen LogP contribution >= 0.6 is 19.8 Å². The molecule has 4 heteroatoms. The van der Waals surface area contributed by atoms with Crippen LogP contribution < -0.4 is 16.4 Å². The minimum absolute atomic E-state index is 0.747. The second kappa shape index (κ2) is 2.54. The average Bonchev–Trinajstić information content (AvgIpc) is 2.12. The van der Waals surface area contributed by atoms with Gasteiger partial charge in [0.2, 0.25) is 0 Å². The summed E-state index contributed by atoms with van der Waals surface area (Å²) in [6.07, 6.45) is 1.99. The van der Waals surface area contributed by atoms with Crippen LogP contribution in [0.3, 0.4) is 0 Å². The van der Waals surface area contributed by atoms with E-state index in [2.05, 4.69) is 26.2 Å². The standard InChI is InChI=1S/C4H10IN3/c1-5(2)4-3-6-8-7-4/h3,6-8H,1-2H3. The molecule has 0 radical (unpaired) electrons. The molecule has 0 aromatic rings. The van der Waals surface area contributed by atoms with Crippen molar-refractivity contribution in [2.75, 3.05) is 9.86 Å². The minimum atomic E-state index is -0.747. The van der Waals surface area contributed by atoms with Crippen molar-refractivity contribution < 1.29 is 0 Å². The Morgan fingerprint density at radius 3 is 2.50 bits per heavy atom. The first-order valence-corrected chi connectivity index (χ1v) is 7.67. The quantitative estimate of drug-likeness (QED) is 0.339. The molecule has 48 valence electrons. The average molecular weight is 227 g/mol. The fourth-order valence-electron chi connectivity index (χ4n) is 0.435. The zero-order valence-corrected chi connectivity index (χ0v) is 7.11. The number of nitrogens with one attached hydrogen (secondary N) is 3. The van der Waals surface area contributed by atoms with Gasteiger partial charge in [-0.25, -0.2) is 0 Å². The first-order valence-electron chi connectivity index (χ1n) is 2.27. The second-order valence-electron chi connectivity index (χ2n) is 1.64. The Labute approximate surface area is 56.2 Å². The van der Waals surface area contributed by atoms with Crippen molar-refractivity contribution in [3.63, 3.8) is 0 Å². The molecule has 0 aromatic heterocycles. The van der Waals surface area contributed by atoms with Gasteiger partial charge in [-0.3, -0.25) is 0 Å². The molecule has 1 rings (SSSR count). The molecule has 0 fully saturated rings. The third-order valence-corrected chi connectivity index (χ3v) is 3.77. The molecular formula is C4H10IN3. The molecule has 0 aliphatic carbocycles. The second-order valence-corrected chi connectivity index (χ2v) is 7.12. The number of hydrazine groups is 2. The Bertz CT molecular complexity index is 110. The molecule has 0 saturated carbocycles. The summed E-state index contributed by atoms with van der Waals surface area (Å²) in [5.74, 6) is 0. The molecule has 0 aromatic carbocycles. The van der Waals surface area contributed by atoms with Crippen molar-refractivity contribution >= 4 is 19.8 Å². The molecule has 0 amide bonds. The van der Waals surface area contributed by atoms with Crippen molar-refractivity contribution in [2.45, 2.75) is 0 Å². The number of alkyl halides is 2. The van der Waals surface area contributed by atoms with Gasteiger partial charge in [0.1, 0.15) is 0 Å². The van der Waals surface area contributed by atoms with E-state index in [1.807, 2.05) is 6.20 Å². The summed E-state index contributed by atoms with van der Waals surface area (Å²) in [7, 11) is 0. The maximum atomic E-state index is 3.03. The van der Waals surface area contributed by atoms with E-state index in [0.29, 0.717) is 0 Å². The normalized spacial score (nSPS) is 18.8. The van der Waals surface area contributed by atoms with Gasteiger partial charge >= 0.3 is 56.0 Å². The van der Waals surface area contributed by atoms with Crippen LogP contribution in [0.15, 0.2) is 9.90 Å². The maximum absolute atomic E-state index is 3.03. The van der Waals surface area contributed by atoms with Gasteiger partial charge < -0.3 is 0 Å². The summed E-state index contributed by atoms with van der Waals surface area (Å²) in [6, 6.07) is 0. The van der Waals surface area contributed by atoms with Crippen molar-refractivity contribution in [3.8, 4) is 0 Å². The topological polar surface area (TPSA) is 36.1 Å². The van der Waals surface area contributed by atoms with Crippen LogP contribution in [0.1, 0.15) is 0 Å². The van der Waals surface area contributed by atoms with Crippen LogP contribution in [-0.4, -0.2) is 9.86 Å². The predicted octanol–water partition coefficient (Wildman–Crippen LogP) is 0.164. The summed E-state index contributed by atoms with van der Waals surface area (Å²) in [6.45, 7) is 0. The van der Waals surface area contributed by atoms with E-state index < -0.39 is 19.8 Å². The van der Waals surface area contributed by atoms with Crippen LogP contribution in [-0.2, 0) is 0 Å². The molecule has 3 nitrogen and oxygen atoms in total. The van der Waals surface area contributed by atoms with Crippen molar-refractivity contribution in [2.24, 2.45) is 0 Å². The van der Waals surface area contributed by atoms with Gasteiger partial charge in [0, 0.05) is 0 Å². The molecule has 3 N–H and O–H groups in total. The van der Waals surface area contributed by atoms with Crippen LogP contribution in [0.4, 0.5) is 0 Å². The SMILES string of the molecule is CI(C)C1=CNNN1. The molecule has 8 heavy (non-hydrogen) atoms. The van der Waals surface area contributed by atoms with Crippen molar-refractivity contribution in [3.05, 3.63) is 9.90 Å². The first-order chi connectivity index (χ1) is 3.80. The third kappa shape index (κ3) is 1.25. The molecule has 0 atom stereocenters. The van der Waals surface area contributed by atoms with Crippen LogP contribution in [0.25, 0.3) is 0 Å². The summed E-state index contributed by atoms with van der Waals surface area (Å²) in [5, 5.41) is 0. The van der Waals surface area contributed by atoms with Gasteiger partial charge in [-0.05, 0) is 0 Å². The molecule has 1 aliphatic rings. The molecule has 0 saturated heterocycles. The molecule has 0 unspecified atom stereocenters. The van der Waals surface area contributed by atoms with Crippen LogP contribution in [0.2, 0.25) is 0 Å². The molecule has 0 bridgehead atoms. The van der Waals surface area contributed by atoms with Gasteiger partial charge in [-0.1, -0.05) is 0 Å². The van der Waals surface area contributed by atoms with E-state index >= 15 is 0 Å². The first kappa shape index (κ1) is 6.15. The Morgan fingerprint density at radius 2 is 2.25 bits per heavy atom. The van der Waals surface area contributed by atoms with Gasteiger partial charge in [0.25, 0.3) is 0 Å². The van der Waals surface area contributed by atoms with Gasteiger partial charge in [0.05, 0.1) is 0 Å². The predicted molar refractivity (Wildman–Crippen MR) is 43.4 cm³/mol. The Hall–Kier alpha value is 0.0300. The van der Waals surface area contributed by atoms with E-state index in [9.17, 15) is 0 Å². The summed E-state index contributed by atoms with van der Waals surface area (Å²) >= 11 is -0.747. The molecule has 1 aliphatic heterocycles. The summed E-state index contributed by atoms with van der Waals surface area (Å²) in [5.41, 5.74) is 8.70. The van der Waals surface area contributed by atoms with E-state index in [0.717, 1.165) is 0 Å². The number of hydrogen-bond donors (Lipinski definition) is 3. The Morgan fingerprint density at radius 1 is 1.50 bits per heavy atom. The van der Waals surface area contributed by atoms with Gasteiger partial charge in [-0.2, -0.15) is 0 Å². The number of halogens is 1. The van der Waals surface area contributed by atoms with Crippen LogP contribution in [0, 0.1) is 0 Å². The zero-order chi connectivity index (χ0) is 5.98. The molecule has 0 spiro atoms. The zero-order valence-electron chi connectivity index (χ0n) is 4.96. The third-order valence-electron chi connectivity index (χ3n) is 0.860. The Balaban J connectivity index is 2.45. The van der Waals surface area contributed by atoms with Gasteiger partial charge in [0.15, 0.2) is 0 Å². The summed E-state index contributed by atoms with van der Waals surface area (Å²) in [4.78, 5) is 4.58. The monoisotopic (exact) mass is 227 g/mol. The van der Waals surface area contributed by atoms with E-state index in [-0.39, 0.29) is 0 Å². The van der Waals surface area contributed by atoms with Crippen molar-refractivity contribution in [1.29, 1.82) is 0 Å². The van der Waals surface area contributed by atoms with Gasteiger partial charge in [-0.15, -0.1) is 0 Å². The Kier molecular flexibility index (Phi) is 1.95. The fraction of sp³-hybridized carbons (Fsp3) is 0.500. The number of hydrogen-bond acceptors (Lipinski definition) is 3. The summed E-state index contributed by atoms with van der Waals surface area (Å²) < 4.78 is 1.36. The molecular weight excluding hydrogens is 217 g/mol. The van der Waals surface area contributed by atoms with Crippen LogP contribution in [0.5, 0.6) is 0 Å².